The summed E-state index contributed by atoms with van der Waals surface area (Å²) in [5.74, 6) is 0.230. The van der Waals surface area contributed by atoms with E-state index in [2.05, 4.69) is 26.1 Å². The Morgan fingerprint density at radius 3 is 2.65 bits per heavy atom. The largest absolute Gasteiger partial charge is 0.443 e. The van der Waals surface area contributed by atoms with Crippen molar-refractivity contribution >= 4 is 27.8 Å². The molecule has 0 bridgehead atoms. The van der Waals surface area contributed by atoms with Crippen molar-refractivity contribution in [3.63, 3.8) is 0 Å². The summed E-state index contributed by atoms with van der Waals surface area (Å²) in [5, 5.41) is 15.4. The number of anilines is 1. The summed E-state index contributed by atoms with van der Waals surface area (Å²) in [6.45, 7) is 5.30. The van der Waals surface area contributed by atoms with Crippen LogP contribution < -0.4 is 4.90 Å². The van der Waals surface area contributed by atoms with Crippen LogP contribution in [0, 0.1) is 11.3 Å². The lowest BCUT2D eigenvalue weighted by Gasteiger charge is -2.23. The first-order valence-corrected chi connectivity index (χ1v) is 5.66. The number of nitrogens with one attached hydrogen (secondary N) is 1. The van der Waals surface area contributed by atoms with Crippen LogP contribution in [0.25, 0.3) is 0 Å². The highest BCUT2D eigenvalue weighted by Gasteiger charge is 2.24. The molecule has 0 fully saturated rings. The second kappa shape index (κ2) is 4.75. The molecule has 7 heteroatoms. The van der Waals surface area contributed by atoms with Crippen molar-refractivity contribution in [2.45, 2.75) is 26.4 Å². The predicted molar refractivity (Wildman–Crippen MR) is 65.6 cm³/mol. The number of rotatable bonds is 1. The smallest absolute Gasteiger partial charge is 0.415 e. The summed E-state index contributed by atoms with van der Waals surface area (Å²) in [4.78, 5) is 12.9. The maximum atomic E-state index is 11.8. The number of amides is 1. The Hall–Kier alpha value is -1.55. The van der Waals surface area contributed by atoms with E-state index >= 15 is 0 Å². The Bertz CT molecular complexity index is 470. The van der Waals surface area contributed by atoms with Gasteiger partial charge in [-0.1, -0.05) is 0 Å². The van der Waals surface area contributed by atoms with Crippen molar-refractivity contribution in [1.82, 2.24) is 10.2 Å². The van der Waals surface area contributed by atoms with Gasteiger partial charge in [-0.05, 0) is 36.7 Å². The van der Waals surface area contributed by atoms with E-state index in [1.54, 1.807) is 20.8 Å². The van der Waals surface area contributed by atoms with Crippen LogP contribution in [0.15, 0.2) is 4.60 Å². The Kier molecular flexibility index (Phi) is 3.78. The van der Waals surface area contributed by atoms with E-state index in [-0.39, 0.29) is 11.4 Å². The highest BCUT2D eigenvalue weighted by Crippen LogP contribution is 2.24. The number of ether oxygens (including phenoxy) is 1. The zero-order valence-electron chi connectivity index (χ0n) is 10.0. The fourth-order valence-corrected chi connectivity index (χ4v) is 1.43. The maximum Gasteiger partial charge on any atom is 0.415 e. The van der Waals surface area contributed by atoms with Gasteiger partial charge in [0.25, 0.3) is 0 Å². The van der Waals surface area contributed by atoms with Crippen LogP contribution in [0.2, 0.25) is 0 Å². The van der Waals surface area contributed by atoms with Gasteiger partial charge in [-0.3, -0.25) is 10.00 Å². The summed E-state index contributed by atoms with van der Waals surface area (Å²) in [6.07, 6.45) is -0.562. The average molecular weight is 301 g/mol. The number of hydrogen-bond donors (Lipinski definition) is 1. The summed E-state index contributed by atoms with van der Waals surface area (Å²) in [5.41, 5.74) is -0.329. The lowest BCUT2D eigenvalue weighted by atomic mass is 10.2. The Morgan fingerprint density at radius 2 is 2.18 bits per heavy atom. The van der Waals surface area contributed by atoms with Crippen LogP contribution in [-0.4, -0.2) is 28.9 Å². The van der Waals surface area contributed by atoms with Crippen LogP contribution in [0.1, 0.15) is 26.3 Å². The van der Waals surface area contributed by atoms with Crippen LogP contribution >= 0.6 is 15.9 Å². The van der Waals surface area contributed by atoms with Gasteiger partial charge in [0.15, 0.2) is 5.82 Å². The predicted octanol–water partition coefficient (Wildman–Crippen LogP) is 2.42. The van der Waals surface area contributed by atoms with E-state index in [0.717, 1.165) is 0 Å². The van der Waals surface area contributed by atoms with Crippen molar-refractivity contribution < 1.29 is 9.53 Å². The van der Waals surface area contributed by atoms with Crippen molar-refractivity contribution in [3.8, 4) is 6.07 Å². The van der Waals surface area contributed by atoms with Crippen molar-refractivity contribution in [1.29, 1.82) is 5.26 Å². The van der Waals surface area contributed by atoms with Crippen molar-refractivity contribution in [2.75, 3.05) is 11.9 Å². The van der Waals surface area contributed by atoms with Gasteiger partial charge in [0.05, 0.1) is 0 Å². The molecule has 17 heavy (non-hydrogen) atoms. The minimum Gasteiger partial charge on any atom is -0.443 e. The number of H-pyrrole nitrogens is 1. The molecule has 0 aliphatic carbocycles. The zero-order valence-corrected chi connectivity index (χ0v) is 11.6. The average Bonchev–Trinajstić information content (AvgIpc) is 2.55. The van der Waals surface area contributed by atoms with Gasteiger partial charge in [0, 0.05) is 7.05 Å². The third kappa shape index (κ3) is 3.20. The number of halogens is 1. The fourth-order valence-electron chi connectivity index (χ4n) is 1.07. The lowest BCUT2D eigenvalue weighted by Crippen LogP contribution is -2.34. The summed E-state index contributed by atoms with van der Waals surface area (Å²) < 4.78 is 5.61. The van der Waals surface area contributed by atoms with Gasteiger partial charge >= 0.3 is 6.09 Å². The summed E-state index contributed by atoms with van der Waals surface area (Å²) >= 11 is 3.14. The summed E-state index contributed by atoms with van der Waals surface area (Å²) in [7, 11) is 1.50. The molecule has 0 radical (unpaired) electrons. The minimum atomic E-state index is -0.592. The number of nitriles is 1. The Morgan fingerprint density at radius 1 is 1.59 bits per heavy atom. The Balaban J connectivity index is 2.94. The van der Waals surface area contributed by atoms with Gasteiger partial charge in [0.1, 0.15) is 21.8 Å². The molecule has 1 rings (SSSR count). The van der Waals surface area contributed by atoms with E-state index in [0.29, 0.717) is 4.60 Å². The number of nitrogens with zero attached hydrogens (tertiary/aromatic N) is 3. The molecular formula is C10H13BrN4O2. The van der Waals surface area contributed by atoms with Crippen LogP contribution in [-0.2, 0) is 4.74 Å². The molecule has 0 aliphatic rings. The third-order valence-corrected chi connectivity index (χ3v) is 2.37. The molecule has 1 N–H and O–H groups in total. The van der Waals surface area contributed by atoms with Crippen LogP contribution in [0.5, 0.6) is 0 Å². The first-order chi connectivity index (χ1) is 7.76. The quantitative estimate of drug-likeness (QED) is 0.863. The summed E-state index contributed by atoms with van der Waals surface area (Å²) in [6, 6.07) is 1.95. The normalized spacial score (nSPS) is 10.8. The first kappa shape index (κ1) is 13.5. The third-order valence-electron chi connectivity index (χ3n) is 1.80. The lowest BCUT2D eigenvalue weighted by molar-refractivity contribution is 0.0588. The van der Waals surface area contributed by atoms with E-state index in [9.17, 15) is 4.79 Å². The second-order valence-corrected chi connectivity index (χ2v) is 5.18. The monoisotopic (exact) mass is 300 g/mol. The van der Waals surface area contributed by atoms with E-state index in [1.807, 2.05) is 6.07 Å². The number of carbonyl (C=O) groups excluding carboxylic acids is 1. The molecule has 0 atom stereocenters. The molecule has 1 aromatic rings. The van der Waals surface area contributed by atoms with Crippen molar-refractivity contribution in [3.05, 3.63) is 10.2 Å². The molecule has 0 unspecified atom stereocenters. The van der Waals surface area contributed by atoms with Gasteiger partial charge in [-0.15, -0.1) is 0 Å². The number of aromatic amines is 1. The molecule has 0 aliphatic heterocycles. The van der Waals surface area contributed by atoms with Crippen molar-refractivity contribution in [2.24, 2.45) is 0 Å². The molecule has 1 amide bonds. The van der Waals surface area contributed by atoms with Crippen LogP contribution in [0.4, 0.5) is 10.6 Å². The number of carbonyl (C=O) groups is 1. The minimum absolute atomic E-state index is 0.230. The molecule has 1 heterocycles. The van der Waals surface area contributed by atoms with Gasteiger partial charge < -0.3 is 4.74 Å². The van der Waals surface area contributed by atoms with E-state index in [4.69, 9.17) is 10.00 Å². The molecule has 0 aromatic carbocycles. The molecular weight excluding hydrogens is 288 g/mol. The molecule has 0 spiro atoms. The van der Waals surface area contributed by atoms with E-state index < -0.39 is 11.7 Å². The van der Waals surface area contributed by atoms with Crippen LogP contribution in [0.3, 0.4) is 0 Å². The maximum absolute atomic E-state index is 11.8. The molecule has 0 saturated heterocycles. The highest BCUT2D eigenvalue weighted by molar-refractivity contribution is 9.10. The van der Waals surface area contributed by atoms with E-state index in [1.165, 1.54) is 11.9 Å². The standard InChI is InChI=1S/C10H13BrN4O2/c1-10(2,3)17-9(16)15(4)8-6(5-12)7(11)13-14-8/h1-4H3,(H,13,14). The zero-order chi connectivity index (χ0) is 13.2. The SMILES string of the molecule is CN(C(=O)OC(C)(C)C)c1n[nH]c(Br)c1C#N. The van der Waals surface area contributed by atoms with Gasteiger partial charge in [0.2, 0.25) is 0 Å². The topological polar surface area (TPSA) is 82.0 Å². The van der Waals surface area contributed by atoms with Gasteiger partial charge in [-0.2, -0.15) is 10.4 Å². The fraction of sp³-hybridized carbons (Fsp3) is 0.500. The number of hydrogen-bond acceptors (Lipinski definition) is 4. The highest BCUT2D eigenvalue weighted by atomic mass is 79.9. The molecule has 0 saturated carbocycles. The second-order valence-electron chi connectivity index (χ2n) is 4.39. The van der Waals surface area contributed by atoms with Gasteiger partial charge in [-0.25, -0.2) is 4.79 Å². The Labute approximate surface area is 108 Å². The molecule has 92 valence electrons. The first-order valence-electron chi connectivity index (χ1n) is 4.87. The molecule has 6 nitrogen and oxygen atoms in total. The molecule has 1 aromatic heterocycles. The number of aromatic nitrogens is 2.